The lowest BCUT2D eigenvalue weighted by atomic mass is 9.99. The molecule has 0 aliphatic carbocycles. The Morgan fingerprint density at radius 3 is 1.96 bits per heavy atom. The molecule has 3 heteroatoms. The number of furan rings is 1. The molecule has 0 fully saturated rings. The SMILES string of the molecule is c1cc(-c2ccc(-c3ccc4sc5ccccc5c4c3)cc2)cc(-n2c3ccccc3c3ccc4c5ccccc5oc4c32)c1. The maximum atomic E-state index is 6.55. The molecular weight excluding hydrogens is 567 g/mol. The Morgan fingerprint density at radius 1 is 0.422 bits per heavy atom. The van der Waals surface area contributed by atoms with Gasteiger partial charge >= 0.3 is 0 Å². The van der Waals surface area contributed by atoms with E-state index >= 15 is 0 Å². The Balaban J connectivity index is 1.11. The molecule has 3 aromatic heterocycles. The average Bonchev–Trinajstić information content (AvgIpc) is 3.78. The summed E-state index contributed by atoms with van der Waals surface area (Å²) in [5, 5.41) is 7.36. The number of aromatic nitrogens is 1. The molecular formula is C42H25NOS. The Kier molecular flexibility index (Phi) is 5.19. The maximum absolute atomic E-state index is 6.55. The molecule has 0 aliphatic rings. The van der Waals surface area contributed by atoms with Crippen LogP contribution in [-0.2, 0) is 0 Å². The molecule has 0 aliphatic heterocycles. The van der Waals surface area contributed by atoms with Gasteiger partial charge in [-0.1, -0.05) is 103 Å². The topological polar surface area (TPSA) is 18.1 Å². The zero-order valence-electron chi connectivity index (χ0n) is 24.2. The predicted molar refractivity (Wildman–Crippen MR) is 192 cm³/mol. The second kappa shape index (κ2) is 9.43. The lowest BCUT2D eigenvalue weighted by molar-refractivity contribution is 0.671. The van der Waals surface area contributed by atoms with Crippen LogP contribution in [0.4, 0.5) is 0 Å². The smallest absolute Gasteiger partial charge is 0.160 e. The number of para-hydroxylation sites is 2. The number of hydrogen-bond acceptors (Lipinski definition) is 2. The van der Waals surface area contributed by atoms with Crippen molar-refractivity contribution in [2.24, 2.45) is 0 Å². The van der Waals surface area contributed by atoms with Crippen molar-refractivity contribution < 1.29 is 4.42 Å². The van der Waals surface area contributed by atoms with Crippen molar-refractivity contribution in [3.05, 3.63) is 152 Å². The van der Waals surface area contributed by atoms with E-state index < -0.39 is 0 Å². The molecule has 3 heterocycles. The van der Waals surface area contributed by atoms with Crippen molar-refractivity contribution in [1.82, 2.24) is 4.57 Å². The van der Waals surface area contributed by atoms with E-state index in [9.17, 15) is 0 Å². The summed E-state index contributed by atoms with van der Waals surface area (Å²) in [5.74, 6) is 0. The summed E-state index contributed by atoms with van der Waals surface area (Å²) in [5.41, 5.74) is 10.1. The number of nitrogens with zero attached hydrogens (tertiary/aromatic N) is 1. The van der Waals surface area contributed by atoms with Crippen molar-refractivity contribution in [2.45, 2.75) is 0 Å². The molecule has 0 saturated heterocycles. The molecule has 0 unspecified atom stereocenters. The Labute approximate surface area is 263 Å². The highest BCUT2D eigenvalue weighted by molar-refractivity contribution is 7.25. The van der Waals surface area contributed by atoms with Crippen LogP contribution in [0.3, 0.4) is 0 Å². The number of benzene rings is 7. The number of fused-ring (bicyclic) bond motifs is 10. The quantitative estimate of drug-likeness (QED) is 0.200. The fraction of sp³-hybridized carbons (Fsp3) is 0. The third-order valence-electron chi connectivity index (χ3n) is 9.21. The summed E-state index contributed by atoms with van der Waals surface area (Å²) in [6, 6.07) is 54.8. The van der Waals surface area contributed by atoms with Gasteiger partial charge in [0, 0.05) is 47.4 Å². The van der Waals surface area contributed by atoms with Crippen LogP contribution >= 0.6 is 11.3 Å². The molecule has 10 aromatic rings. The van der Waals surface area contributed by atoms with Gasteiger partial charge in [-0.25, -0.2) is 0 Å². The van der Waals surface area contributed by atoms with Gasteiger partial charge in [-0.15, -0.1) is 11.3 Å². The fourth-order valence-electron chi connectivity index (χ4n) is 7.08. The maximum Gasteiger partial charge on any atom is 0.160 e. The number of hydrogen-bond donors (Lipinski definition) is 0. The summed E-state index contributed by atoms with van der Waals surface area (Å²) >= 11 is 1.86. The summed E-state index contributed by atoms with van der Waals surface area (Å²) in [7, 11) is 0. The van der Waals surface area contributed by atoms with Gasteiger partial charge in [-0.2, -0.15) is 0 Å². The van der Waals surface area contributed by atoms with E-state index in [2.05, 4.69) is 150 Å². The minimum Gasteiger partial charge on any atom is -0.454 e. The monoisotopic (exact) mass is 591 g/mol. The van der Waals surface area contributed by atoms with E-state index in [1.165, 1.54) is 58.7 Å². The van der Waals surface area contributed by atoms with Crippen LogP contribution in [0, 0.1) is 0 Å². The van der Waals surface area contributed by atoms with Crippen LogP contribution in [-0.4, -0.2) is 4.57 Å². The summed E-state index contributed by atoms with van der Waals surface area (Å²) in [6.45, 7) is 0. The lowest BCUT2D eigenvalue weighted by Crippen LogP contribution is -1.94. The molecule has 2 nitrogen and oxygen atoms in total. The Hall–Kier alpha value is -5.64. The third kappa shape index (κ3) is 3.68. The molecule has 0 spiro atoms. The van der Waals surface area contributed by atoms with Crippen LogP contribution in [0.15, 0.2) is 156 Å². The average molecular weight is 592 g/mol. The summed E-state index contributed by atoms with van der Waals surface area (Å²) < 4.78 is 11.6. The van der Waals surface area contributed by atoms with Gasteiger partial charge in [0.1, 0.15) is 5.58 Å². The van der Waals surface area contributed by atoms with Crippen molar-refractivity contribution >= 4 is 75.3 Å². The highest BCUT2D eigenvalue weighted by atomic mass is 32.1. The first-order valence-corrected chi connectivity index (χ1v) is 16.1. The highest BCUT2D eigenvalue weighted by Crippen LogP contribution is 2.41. The molecule has 0 atom stereocenters. The van der Waals surface area contributed by atoms with Crippen LogP contribution < -0.4 is 0 Å². The Morgan fingerprint density at radius 2 is 1.09 bits per heavy atom. The van der Waals surface area contributed by atoms with Crippen molar-refractivity contribution in [3.63, 3.8) is 0 Å². The molecule has 10 rings (SSSR count). The van der Waals surface area contributed by atoms with E-state index in [4.69, 9.17) is 4.42 Å². The fourth-order valence-corrected chi connectivity index (χ4v) is 8.17. The number of rotatable bonds is 3. The molecule has 0 bridgehead atoms. The van der Waals surface area contributed by atoms with Gasteiger partial charge in [0.2, 0.25) is 0 Å². The van der Waals surface area contributed by atoms with Crippen LogP contribution in [0.1, 0.15) is 0 Å². The van der Waals surface area contributed by atoms with E-state index in [0.717, 1.165) is 33.1 Å². The van der Waals surface area contributed by atoms with Gasteiger partial charge in [0.05, 0.1) is 11.0 Å². The molecule has 0 N–H and O–H groups in total. The minimum atomic E-state index is 0.914. The zero-order chi connectivity index (χ0) is 29.5. The highest BCUT2D eigenvalue weighted by Gasteiger charge is 2.19. The van der Waals surface area contributed by atoms with Crippen molar-refractivity contribution in [1.29, 1.82) is 0 Å². The van der Waals surface area contributed by atoms with Gasteiger partial charge < -0.3 is 8.98 Å². The van der Waals surface area contributed by atoms with E-state index in [1.807, 2.05) is 17.4 Å². The van der Waals surface area contributed by atoms with Crippen molar-refractivity contribution in [3.8, 4) is 27.9 Å². The third-order valence-corrected chi connectivity index (χ3v) is 10.4. The zero-order valence-corrected chi connectivity index (χ0v) is 25.0. The first kappa shape index (κ1) is 24.8. The second-order valence-electron chi connectivity index (χ2n) is 11.7. The van der Waals surface area contributed by atoms with Gasteiger partial charge in [-0.3, -0.25) is 0 Å². The normalized spacial score (nSPS) is 12.0. The number of thiophene rings is 1. The van der Waals surface area contributed by atoms with Gasteiger partial charge in [0.15, 0.2) is 5.58 Å². The largest absolute Gasteiger partial charge is 0.454 e. The lowest BCUT2D eigenvalue weighted by Gasteiger charge is -2.11. The summed E-state index contributed by atoms with van der Waals surface area (Å²) in [4.78, 5) is 0. The van der Waals surface area contributed by atoms with Gasteiger partial charge in [-0.05, 0) is 70.8 Å². The van der Waals surface area contributed by atoms with E-state index in [1.54, 1.807) is 0 Å². The van der Waals surface area contributed by atoms with E-state index in [-0.39, 0.29) is 0 Å². The minimum absolute atomic E-state index is 0.914. The van der Waals surface area contributed by atoms with E-state index in [0.29, 0.717) is 0 Å². The molecule has 210 valence electrons. The van der Waals surface area contributed by atoms with Crippen LogP contribution in [0.5, 0.6) is 0 Å². The second-order valence-corrected chi connectivity index (χ2v) is 12.8. The first-order chi connectivity index (χ1) is 22.3. The Bertz CT molecular complexity index is 2760. The van der Waals surface area contributed by atoms with Gasteiger partial charge in [0.25, 0.3) is 0 Å². The molecule has 0 radical (unpaired) electrons. The van der Waals surface area contributed by atoms with Crippen molar-refractivity contribution in [2.75, 3.05) is 0 Å². The molecule has 0 saturated carbocycles. The predicted octanol–water partition coefficient (Wildman–Crippen LogP) is 12.4. The molecule has 0 amide bonds. The first-order valence-electron chi connectivity index (χ1n) is 15.3. The molecule has 45 heavy (non-hydrogen) atoms. The van der Waals surface area contributed by atoms with Crippen LogP contribution in [0.25, 0.3) is 91.9 Å². The summed E-state index contributed by atoms with van der Waals surface area (Å²) in [6.07, 6.45) is 0. The van der Waals surface area contributed by atoms with Crippen LogP contribution in [0.2, 0.25) is 0 Å². The molecule has 7 aromatic carbocycles. The standard InChI is InChI=1S/C42H25NOS/c1-4-13-37-31(10-1)34-21-22-35-32-11-2-5-14-38(32)44-42(35)41(34)43(37)30-9-7-8-28(24-30)26-16-18-27(19-17-26)29-20-23-40-36(25-29)33-12-3-6-15-39(33)45-40/h1-25H.